The van der Waals surface area contributed by atoms with Gasteiger partial charge in [-0.15, -0.1) is 0 Å². The van der Waals surface area contributed by atoms with Crippen molar-refractivity contribution in [3.8, 4) is 5.75 Å². The Kier molecular flexibility index (Phi) is 6.07. The highest BCUT2D eigenvalue weighted by atomic mass is 16.5. The molecule has 0 radical (unpaired) electrons. The second-order valence-corrected chi connectivity index (χ2v) is 6.59. The van der Waals surface area contributed by atoms with E-state index in [2.05, 4.69) is 28.3 Å². The molecule has 3 rings (SSSR count). The third kappa shape index (κ3) is 4.73. The quantitative estimate of drug-likeness (QED) is 0.861. The van der Waals surface area contributed by atoms with Crippen LogP contribution in [0, 0.1) is 0 Å². The van der Waals surface area contributed by atoms with Crippen LogP contribution in [0.5, 0.6) is 5.75 Å². The van der Waals surface area contributed by atoms with Crippen LogP contribution in [0.1, 0.15) is 15.9 Å². The number of nitrogens with one attached hydrogen (secondary N) is 1. The van der Waals surface area contributed by atoms with Crippen molar-refractivity contribution in [3.63, 3.8) is 0 Å². The fourth-order valence-electron chi connectivity index (χ4n) is 3.02. The summed E-state index contributed by atoms with van der Waals surface area (Å²) in [4.78, 5) is 21.0. The van der Waals surface area contributed by atoms with Gasteiger partial charge in [0.25, 0.3) is 5.91 Å². The molecule has 1 aliphatic rings. The van der Waals surface area contributed by atoms with Crippen molar-refractivity contribution < 1.29 is 9.53 Å². The van der Waals surface area contributed by atoms with E-state index in [1.54, 1.807) is 19.5 Å². The van der Waals surface area contributed by atoms with Crippen molar-refractivity contribution in [2.75, 3.05) is 52.2 Å². The number of nitrogens with zero attached hydrogens (tertiary/aromatic N) is 3. The lowest BCUT2D eigenvalue weighted by Gasteiger charge is -2.32. The number of aromatic nitrogens is 1. The van der Waals surface area contributed by atoms with Crippen molar-refractivity contribution in [1.29, 1.82) is 0 Å². The second kappa shape index (κ2) is 8.67. The van der Waals surface area contributed by atoms with Gasteiger partial charge in [-0.25, -0.2) is 0 Å². The number of carbonyl (C=O) groups excluding carboxylic acids is 1. The van der Waals surface area contributed by atoms with Gasteiger partial charge in [0.2, 0.25) is 0 Å². The predicted octanol–water partition coefficient (Wildman–Crippen LogP) is 2.13. The molecule has 0 bridgehead atoms. The summed E-state index contributed by atoms with van der Waals surface area (Å²) >= 11 is 0. The van der Waals surface area contributed by atoms with Crippen molar-refractivity contribution in [3.05, 3.63) is 53.9 Å². The van der Waals surface area contributed by atoms with Gasteiger partial charge in [0.15, 0.2) is 0 Å². The molecule has 26 heavy (non-hydrogen) atoms. The van der Waals surface area contributed by atoms with Gasteiger partial charge in [-0.1, -0.05) is 12.1 Å². The van der Waals surface area contributed by atoms with Crippen LogP contribution >= 0.6 is 0 Å². The molecular weight excluding hydrogens is 328 g/mol. The molecule has 1 fully saturated rings. The van der Waals surface area contributed by atoms with Crippen LogP contribution in [0.15, 0.2) is 42.7 Å². The smallest absolute Gasteiger partial charge is 0.255 e. The maximum atomic E-state index is 12.7. The minimum Gasteiger partial charge on any atom is -0.497 e. The third-order valence-electron chi connectivity index (χ3n) is 4.65. The third-order valence-corrected chi connectivity index (χ3v) is 4.65. The Morgan fingerprint density at radius 1 is 1.19 bits per heavy atom. The average Bonchev–Trinajstić information content (AvgIpc) is 2.68. The van der Waals surface area contributed by atoms with Crippen LogP contribution < -0.4 is 10.1 Å². The van der Waals surface area contributed by atoms with E-state index in [-0.39, 0.29) is 5.91 Å². The largest absolute Gasteiger partial charge is 0.497 e. The van der Waals surface area contributed by atoms with Crippen molar-refractivity contribution in [2.24, 2.45) is 0 Å². The zero-order valence-corrected chi connectivity index (χ0v) is 15.4. The van der Waals surface area contributed by atoms with Crippen molar-refractivity contribution in [2.45, 2.75) is 6.42 Å². The van der Waals surface area contributed by atoms with Gasteiger partial charge < -0.3 is 19.9 Å². The molecule has 1 aromatic carbocycles. The molecule has 1 aliphatic heterocycles. The zero-order valence-electron chi connectivity index (χ0n) is 15.4. The van der Waals surface area contributed by atoms with E-state index >= 15 is 0 Å². The maximum Gasteiger partial charge on any atom is 0.255 e. The molecule has 2 aromatic rings. The highest BCUT2D eigenvalue weighted by Crippen LogP contribution is 2.15. The highest BCUT2D eigenvalue weighted by Gasteiger charge is 2.20. The van der Waals surface area contributed by atoms with E-state index in [4.69, 9.17) is 4.74 Å². The fraction of sp³-hybridized carbons (Fsp3) is 0.400. The SMILES string of the molecule is COc1cccc(CCNc2cncc(C(=O)N3CCN(C)CC3)c2)c1. The second-order valence-electron chi connectivity index (χ2n) is 6.59. The van der Waals surface area contributed by atoms with Crippen LogP contribution in [-0.4, -0.2) is 67.6 Å². The van der Waals surface area contributed by atoms with E-state index in [1.165, 1.54) is 5.56 Å². The Morgan fingerprint density at radius 3 is 2.77 bits per heavy atom. The van der Waals surface area contributed by atoms with Gasteiger partial charge in [0, 0.05) is 45.1 Å². The van der Waals surface area contributed by atoms with Gasteiger partial charge in [0.05, 0.1) is 18.4 Å². The number of rotatable bonds is 6. The minimum absolute atomic E-state index is 0.0574. The Bertz CT molecular complexity index is 742. The molecule has 2 heterocycles. The first-order chi connectivity index (χ1) is 12.7. The Morgan fingerprint density at radius 2 is 2.00 bits per heavy atom. The molecule has 0 atom stereocenters. The molecule has 1 N–H and O–H groups in total. The molecule has 0 aliphatic carbocycles. The first-order valence-electron chi connectivity index (χ1n) is 8.95. The standard InChI is InChI=1S/C20H26N4O2/c1-23-8-10-24(11-9-23)20(25)17-13-18(15-21-14-17)22-7-6-16-4-3-5-19(12-16)26-2/h3-5,12-15,22H,6-11H2,1-2H3. The van der Waals surface area contributed by atoms with Crippen LogP contribution in [0.25, 0.3) is 0 Å². The Labute approximate surface area is 154 Å². The number of piperazine rings is 1. The topological polar surface area (TPSA) is 57.7 Å². The van der Waals surface area contributed by atoms with Gasteiger partial charge in [-0.3, -0.25) is 9.78 Å². The minimum atomic E-state index is 0.0574. The summed E-state index contributed by atoms with van der Waals surface area (Å²) in [7, 11) is 3.75. The molecule has 138 valence electrons. The van der Waals surface area contributed by atoms with E-state index < -0.39 is 0 Å². The molecule has 6 nitrogen and oxygen atoms in total. The molecule has 0 saturated carbocycles. The van der Waals surface area contributed by atoms with Crippen molar-refractivity contribution in [1.82, 2.24) is 14.8 Å². The molecule has 0 spiro atoms. The van der Waals surface area contributed by atoms with E-state index in [1.807, 2.05) is 29.2 Å². The lowest BCUT2D eigenvalue weighted by atomic mass is 10.1. The predicted molar refractivity (Wildman–Crippen MR) is 103 cm³/mol. The summed E-state index contributed by atoms with van der Waals surface area (Å²) in [6.45, 7) is 4.13. The summed E-state index contributed by atoms with van der Waals surface area (Å²) in [5.41, 5.74) is 2.71. The lowest BCUT2D eigenvalue weighted by molar-refractivity contribution is 0.0663. The number of methoxy groups -OCH3 is 1. The van der Waals surface area contributed by atoms with Gasteiger partial charge in [-0.05, 0) is 37.2 Å². The van der Waals surface area contributed by atoms with Crippen LogP contribution in [0.2, 0.25) is 0 Å². The number of likely N-dealkylation sites (N-methyl/N-ethyl adjacent to an activating group) is 1. The zero-order chi connectivity index (χ0) is 18.4. The number of hydrogen-bond acceptors (Lipinski definition) is 5. The Hall–Kier alpha value is -2.60. The summed E-state index contributed by atoms with van der Waals surface area (Å²) in [6, 6.07) is 9.93. The summed E-state index contributed by atoms with van der Waals surface area (Å²) in [6.07, 6.45) is 4.27. The summed E-state index contributed by atoms with van der Waals surface area (Å²) in [5.74, 6) is 0.922. The fourth-order valence-corrected chi connectivity index (χ4v) is 3.02. The number of carbonyl (C=O) groups is 1. The average molecular weight is 354 g/mol. The van der Waals surface area contributed by atoms with E-state index in [9.17, 15) is 4.79 Å². The van der Waals surface area contributed by atoms with Crippen LogP contribution in [0.4, 0.5) is 5.69 Å². The Balaban J connectivity index is 1.56. The monoisotopic (exact) mass is 354 g/mol. The molecular formula is C20H26N4O2. The number of hydrogen-bond donors (Lipinski definition) is 1. The lowest BCUT2D eigenvalue weighted by Crippen LogP contribution is -2.47. The van der Waals surface area contributed by atoms with E-state index in [0.29, 0.717) is 5.56 Å². The van der Waals surface area contributed by atoms with Gasteiger partial charge in [0.1, 0.15) is 5.75 Å². The first kappa shape index (κ1) is 18.2. The number of anilines is 1. The van der Waals surface area contributed by atoms with Crippen LogP contribution in [-0.2, 0) is 6.42 Å². The summed E-state index contributed by atoms with van der Waals surface area (Å²) < 4.78 is 5.25. The molecule has 6 heteroatoms. The highest BCUT2D eigenvalue weighted by molar-refractivity contribution is 5.94. The van der Waals surface area contributed by atoms with Crippen molar-refractivity contribution >= 4 is 11.6 Å². The van der Waals surface area contributed by atoms with Gasteiger partial charge >= 0.3 is 0 Å². The normalized spacial score (nSPS) is 14.9. The molecule has 1 saturated heterocycles. The maximum absolute atomic E-state index is 12.7. The summed E-state index contributed by atoms with van der Waals surface area (Å²) in [5, 5.41) is 3.35. The number of amides is 1. The molecule has 0 unspecified atom stereocenters. The number of ether oxygens (including phenoxy) is 1. The number of pyridine rings is 1. The van der Waals surface area contributed by atoms with Crippen LogP contribution in [0.3, 0.4) is 0 Å². The first-order valence-corrected chi connectivity index (χ1v) is 8.95. The molecule has 1 aromatic heterocycles. The molecule has 1 amide bonds. The van der Waals surface area contributed by atoms with Gasteiger partial charge in [-0.2, -0.15) is 0 Å². The van der Waals surface area contributed by atoms with E-state index in [0.717, 1.165) is 50.6 Å². The number of benzene rings is 1.